The topological polar surface area (TPSA) is 67.8 Å². The monoisotopic (exact) mass is 247 g/mol. The highest BCUT2D eigenvalue weighted by Crippen LogP contribution is 2.08. The SMILES string of the molecule is COCC(CCO)NC(C)C(=O)OC(C)(C)C. The lowest BCUT2D eigenvalue weighted by atomic mass is 10.1. The minimum atomic E-state index is -0.485. The Hall–Kier alpha value is -0.650. The molecule has 0 spiro atoms. The number of ether oxygens (including phenoxy) is 2. The fourth-order valence-electron chi connectivity index (χ4n) is 1.38. The van der Waals surface area contributed by atoms with Gasteiger partial charge in [-0.1, -0.05) is 0 Å². The molecule has 5 heteroatoms. The highest BCUT2D eigenvalue weighted by molar-refractivity contribution is 5.75. The number of aliphatic hydroxyl groups is 1. The lowest BCUT2D eigenvalue weighted by Crippen LogP contribution is -2.46. The van der Waals surface area contributed by atoms with Crippen LogP contribution in [0.15, 0.2) is 0 Å². The largest absolute Gasteiger partial charge is 0.459 e. The van der Waals surface area contributed by atoms with Crippen molar-refractivity contribution in [1.29, 1.82) is 0 Å². The Labute approximate surface area is 103 Å². The Kier molecular flexibility index (Phi) is 7.34. The van der Waals surface area contributed by atoms with Crippen LogP contribution in [-0.4, -0.2) is 49.1 Å². The van der Waals surface area contributed by atoms with Crippen LogP contribution in [0.1, 0.15) is 34.1 Å². The second-order valence-electron chi connectivity index (χ2n) is 5.09. The van der Waals surface area contributed by atoms with Crippen LogP contribution in [0.4, 0.5) is 0 Å². The van der Waals surface area contributed by atoms with Crippen LogP contribution < -0.4 is 5.32 Å². The van der Waals surface area contributed by atoms with E-state index in [4.69, 9.17) is 14.6 Å². The summed E-state index contributed by atoms with van der Waals surface area (Å²) in [5, 5.41) is 12.0. The molecule has 102 valence electrons. The number of carbonyl (C=O) groups is 1. The predicted octanol–water partition coefficient (Wildman–Crippen LogP) is 0.704. The van der Waals surface area contributed by atoms with Gasteiger partial charge in [0, 0.05) is 19.8 Å². The first-order chi connectivity index (χ1) is 7.80. The van der Waals surface area contributed by atoms with E-state index in [0.717, 1.165) is 0 Å². The molecular formula is C12H25NO4. The number of hydrogen-bond acceptors (Lipinski definition) is 5. The van der Waals surface area contributed by atoms with Crippen LogP contribution in [0.3, 0.4) is 0 Å². The maximum atomic E-state index is 11.7. The van der Waals surface area contributed by atoms with Crippen molar-refractivity contribution in [2.24, 2.45) is 0 Å². The number of rotatable bonds is 7. The molecule has 0 fully saturated rings. The van der Waals surface area contributed by atoms with Crippen LogP contribution in [-0.2, 0) is 14.3 Å². The first-order valence-corrected chi connectivity index (χ1v) is 5.89. The van der Waals surface area contributed by atoms with Gasteiger partial charge >= 0.3 is 5.97 Å². The lowest BCUT2D eigenvalue weighted by Gasteiger charge is -2.25. The maximum absolute atomic E-state index is 11.7. The smallest absolute Gasteiger partial charge is 0.323 e. The molecule has 0 saturated heterocycles. The summed E-state index contributed by atoms with van der Waals surface area (Å²) in [6.45, 7) is 7.75. The van der Waals surface area contributed by atoms with Crippen molar-refractivity contribution in [3.05, 3.63) is 0 Å². The van der Waals surface area contributed by atoms with Crippen LogP contribution in [0.5, 0.6) is 0 Å². The first kappa shape index (κ1) is 16.4. The molecule has 0 aromatic rings. The average Bonchev–Trinajstić information content (AvgIpc) is 2.15. The Morgan fingerprint density at radius 2 is 2.00 bits per heavy atom. The van der Waals surface area contributed by atoms with E-state index >= 15 is 0 Å². The minimum Gasteiger partial charge on any atom is -0.459 e. The number of methoxy groups -OCH3 is 1. The number of carbonyl (C=O) groups excluding carboxylic acids is 1. The molecule has 2 atom stereocenters. The normalized spacial score (nSPS) is 15.4. The molecule has 0 aliphatic heterocycles. The van der Waals surface area contributed by atoms with Crippen molar-refractivity contribution < 1.29 is 19.4 Å². The minimum absolute atomic E-state index is 0.0486. The third kappa shape index (κ3) is 8.12. The molecule has 0 aromatic heterocycles. The van der Waals surface area contributed by atoms with Crippen LogP contribution >= 0.6 is 0 Å². The van der Waals surface area contributed by atoms with Crippen molar-refractivity contribution in [3.8, 4) is 0 Å². The fraction of sp³-hybridized carbons (Fsp3) is 0.917. The van der Waals surface area contributed by atoms with Crippen LogP contribution in [0.25, 0.3) is 0 Å². The molecule has 0 aliphatic carbocycles. The third-order valence-corrected chi connectivity index (χ3v) is 2.09. The summed E-state index contributed by atoms with van der Waals surface area (Å²) in [5.74, 6) is -0.295. The zero-order chi connectivity index (χ0) is 13.5. The Balaban J connectivity index is 4.19. The summed E-state index contributed by atoms with van der Waals surface area (Å²) in [7, 11) is 1.59. The summed E-state index contributed by atoms with van der Waals surface area (Å²) in [5.41, 5.74) is -0.485. The molecule has 5 nitrogen and oxygen atoms in total. The van der Waals surface area contributed by atoms with Gasteiger partial charge in [-0.2, -0.15) is 0 Å². The van der Waals surface area contributed by atoms with E-state index in [2.05, 4.69) is 5.32 Å². The Morgan fingerprint density at radius 3 is 2.41 bits per heavy atom. The third-order valence-electron chi connectivity index (χ3n) is 2.09. The molecule has 2 N–H and O–H groups in total. The van der Waals surface area contributed by atoms with Crippen LogP contribution in [0.2, 0.25) is 0 Å². The van der Waals surface area contributed by atoms with E-state index < -0.39 is 11.6 Å². The van der Waals surface area contributed by atoms with Crippen molar-refractivity contribution in [2.45, 2.75) is 51.8 Å². The van der Waals surface area contributed by atoms with E-state index in [-0.39, 0.29) is 18.6 Å². The van der Waals surface area contributed by atoms with Gasteiger partial charge in [0.1, 0.15) is 11.6 Å². The van der Waals surface area contributed by atoms with Gasteiger partial charge in [0.2, 0.25) is 0 Å². The van der Waals surface area contributed by atoms with Crippen molar-refractivity contribution in [3.63, 3.8) is 0 Å². The molecule has 0 amide bonds. The number of aliphatic hydroxyl groups excluding tert-OH is 1. The standard InChI is InChI=1S/C12H25NO4/c1-9(11(15)17-12(2,3)4)13-10(6-7-14)8-16-5/h9-10,13-14H,6-8H2,1-5H3. The molecule has 0 aliphatic rings. The van der Waals surface area contributed by atoms with E-state index in [1.165, 1.54) is 0 Å². The molecule has 2 unspecified atom stereocenters. The van der Waals surface area contributed by atoms with E-state index in [1.807, 2.05) is 20.8 Å². The van der Waals surface area contributed by atoms with Gasteiger partial charge in [0.25, 0.3) is 0 Å². The fourth-order valence-corrected chi connectivity index (χ4v) is 1.38. The molecule has 0 aromatic carbocycles. The quantitative estimate of drug-likeness (QED) is 0.648. The second kappa shape index (κ2) is 7.63. The highest BCUT2D eigenvalue weighted by Gasteiger charge is 2.23. The lowest BCUT2D eigenvalue weighted by molar-refractivity contribution is -0.157. The molecule has 17 heavy (non-hydrogen) atoms. The van der Waals surface area contributed by atoms with E-state index in [1.54, 1.807) is 14.0 Å². The number of nitrogens with one attached hydrogen (secondary N) is 1. The molecule has 0 saturated carbocycles. The Morgan fingerprint density at radius 1 is 1.41 bits per heavy atom. The van der Waals surface area contributed by atoms with Crippen molar-refractivity contribution in [1.82, 2.24) is 5.32 Å². The number of hydrogen-bond donors (Lipinski definition) is 2. The van der Waals surface area contributed by atoms with Gasteiger partial charge in [0.05, 0.1) is 6.61 Å². The van der Waals surface area contributed by atoms with Crippen LogP contribution in [0, 0.1) is 0 Å². The van der Waals surface area contributed by atoms with Gasteiger partial charge in [-0.15, -0.1) is 0 Å². The van der Waals surface area contributed by atoms with Crippen molar-refractivity contribution in [2.75, 3.05) is 20.3 Å². The molecular weight excluding hydrogens is 222 g/mol. The Bertz CT molecular complexity index is 219. The summed E-state index contributed by atoms with van der Waals surface area (Å²) in [6.07, 6.45) is 0.543. The first-order valence-electron chi connectivity index (χ1n) is 5.89. The zero-order valence-electron chi connectivity index (χ0n) is 11.4. The average molecular weight is 247 g/mol. The van der Waals surface area contributed by atoms with E-state index in [0.29, 0.717) is 13.0 Å². The molecule has 0 bridgehead atoms. The summed E-state index contributed by atoms with van der Waals surface area (Å²) >= 11 is 0. The zero-order valence-corrected chi connectivity index (χ0v) is 11.4. The van der Waals surface area contributed by atoms with Gasteiger partial charge in [-0.3, -0.25) is 10.1 Å². The van der Waals surface area contributed by atoms with E-state index in [9.17, 15) is 4.79 Å². The van der Waals surface area contributed by atoms with Gasteiger partial charge in [-0.25, -0.2) is 0 Å². The maximum Gasteiger partial charge on any atom is 0.323 e. The summed E-state index contributed by atoms with van der Waals surface area (Å²) in [4.78, 5) is 11.7. The van der Waals surface area contributed by atoms with Gasteiger partial charge < -0.3 is 14.6 Å². The molecule has 0 rings (SSSR count). The van der Waals surface area contributed by atoms with Gasteiger partial charge in [0.15, 0.2) is 0 Å². The summed E-state index contributed by atoms with van der Waals surface area (Å²) in [6, 6.07) is -0.464. The predicted molar refractivity (Wildman–Crippen MR) is 65.8 cm³/mol. The van der Waals surface area contributed by atoms with Gasteiger partial charge in [-0.05, 0) is 34.1 Å². The number of esters is 1. The second-order valence-corrected chi connectivity index (χ2v) is 5.09. The van der Waals surface area contributed by atoms with Crippen molar-refractivity contribution >= 4 is 5.97 Å². The molecule has 0 radical (unpaired) electrons. The highest BCUT2D eigenvalue weighted by atomic mass is 16.6. The summed E-state index contributed by atoms with van der Waals surface area (Å²) < 4.78 is 10.3. The molecule has 0 heterocycles.